The van der Waals surface area contributed by atoms with Crippen molar-refractivity contribution in [3.05, 3.63) is 27.5 Å². The molecule has 1 aromatic carbocycles. The first-order chi connectivity index (χ1) is 6.74. The van der Waals surface area contributed by atoms with E-state index >= 15 is 0 Å². The number of hydrogen-bond acceptors (Lipinski definition) is 2. The van der Waals surface area contributed by atoms with E-state index in [0.29, 0.717) is 5.88 Å². The summed E-state index contributed by atoms with van der Waals surface area (Å²) in [5, 5.41) is 1.28. The van der Waals surface area contributed by atoms with E-state index < -0.39 is 0 Å². The van der Waals surface area contributed by atoms with Gasteiger partial charge in [-0.25, -0.2) is 0 Å². The van der Waals surface area contributed by atoms with E-state index in [1.54, 1.807) is 23.1 Å². The molecule has 74 valence electrons. The Morgan fingerprint density at radius 1 is 1.43 bits per heavy atom. The third-order valence-electron chi connectivity index (χ3n) is 1.99. The third kappa shape index (κ3) is 1.96. The van der Waals surface area contributed by atoms with E-state index in [9.17, 15) is 0 Å². The molecule has 0 spiro atoms. The van der Waals surface area contributed by atoms with Gasteiger partial charge >= 0.3 is 0 Å². The molecule has 0 bridgehead atoms. The molecule has 0 fully saturated rings. The molecule has 0 atom stereocenters. The molecule has 2 aromatic rings. The summed E-state index contributed by atoms with van der Waals surface area (Å²) in [6, 6.07) is 6.47. The van der Waals surface area contributed by atoms with Crippen LogP contribution < -0.4 is 0 Å². The zero-order valence-corrected chi connectivity index (χ0v) is 11.5. The second kappa shape index (κ2) is 4.44. The van der Waals surface area contributed by atoms with E-state index in [-0.39, 0.29) is 0 Å². The van der Waals surface area contributed by atoms with Crippen LogP contribution in [0, 0.1) is 0 Å². The van der Waals surface area contributed by atoms with Crippen molar-refractivity contribution in [2.75, 3.05) is 6.26 Å². The summed E-state index contributed by atoms with van der Waals surface area (Å²) in [7, 11) is 0. The minimum atomic E-state index is 0.580. The molecule has 1 aromatic heterocycles. The maximum atomic E-state index is 5.85. The normalized spacial score (nSPS) is 11.1. The topological polar surface area (TPSA) is 0 Å². The van der Waals surface area contributed by atoms with Crippen LogP contribution in [0.5, 0.6) is 0 Å². The Morgan fingerprint density at radius 2 is 2.21 bits per heavy atom. The van der Waals surface area contributed by atoms with Crippen LogP contribution in [0.2, 0.25) is 0 Å². The quantitative estimate of drug-likeness (QED) is 0.548. The van der Waals surface area contributed by atoms with E-state index in [0.717, 1.165) is 0 Å². The molecule has 0 saturated heterocycles. The Balaban J connectivity index is 2.72. The van der Waals surface area contributed by atoms with Crippen molar-refractivity contribution in [1.29, 1.82) is 0 Å². The Kier molecular flexibility index (Phi) is 3.42. The van der Waals surface area contributed by atoms with Gasteiger partial charge in [-0.05, 0) is 51.3 Å². The molecular formula is C10H8BrClS2. The lowest BCUT2D eigenvalue weighted by Gasteiger charge is -2.01. The highest BCUT2D eigenvalue weighted by Gasteiger charge is 2.06. The molecule has 0 saturated carbocycles. The lowest BCUT2D eigenvalue weighted by Crippen LogP contribution is -1.79. The highest BCUT2D eigenvalue weighted by Crippen LogP contribution is 2.37. The number of fused-ring (bicyclic) bond motifs is 1. The Bertz CT molecular complexity index is 464. The second-order valence-corrected chi connectivity index (χ2v) is 6.45. The smallest absolute Gasteiger partial charge is 0.0711 e. The van der Waals surface area contributed by atoms with Gasteiger partial charge in [0, 0.05) is 15.5 Å². The number of hydrogen-bond donors (Lipinski definition) is 0. The molecule has 0 aliphatic rings. The van der Waals surface area contributed by atoms with Crippen molar-refractivity contribution in [1.82, 2.24) is 0 Å². The van der Waals surface area contributed by atoms with Crippen LogP contribution in [0.4, 0.5) is 0 Å². The van der Waals surface area contributed by atoms with Gasteiger partial charge in [0.05, 0.1) is 3.79 Å². The van der Waals surface area contributed by atoms with Crippen molar-refractivity contribution < 1.29 is 0 Å². The number of benzene rings is 1. The highest BCUT2D eigenvalue weighted by molar-refractivity contribution is 9.11. The summed E-state index contributed by atoms with van der Waals surface area (Å²) in [6.45, 7) is 0. The minimum Gasteiger partial charge on any atom is -0.128 e. The Morgan fingerprint density at radius 3 is 2.86 bits per heavy atom. The van der Waals surface area contributed by atoms with Crippen LogP contribution in [-0.4, -0.2) is 6.26 Å². The van der Waals surface area contributed by atoms with Gasteiger partial charge in [-0.2, -0.15) is 0 Å². The van der Waals surface area contributed by atoms with Crippen molar-refractivity contribution in [2.45, 2.75) is 10.8 Å². The molecule has 0 amide bonds. The monoisotopic (exact) mass is 306 g/mol. The molecule has 1 heterocycles. The summed E-state index contributed by atoms with van der Waals surface area (Å²) in [4.78, 5) is 1.31. The number of rotatable bonds is 2. The molecule has 0 aliphatic carbocycles. The second-order valence-electron chi connectivity index (χ2n) is 2.90. The summed E-state index contributed by atoms with van der Waals surface area (Å²) in [5.74, 6) is 0.580. The summed E-state index contributed by atoms with van der Waals surface area (Å²) in [5.41, 5.74) is 1.19. The van der Waals surface area contributed by atoms with Crippen molar-refractivity contribution >= 4 is 60.7 Å². The lowest BCUT2D eigenvalue weighted by atomic mass is 10.2. The van der Waals surface area contributed by atoms with Gasteiger partial charge in [-0.15, -0.1) is 34.7 Å². The SMILES string of the molecule is CSc1cc(CCl)cc2cc(Br)sc12. The highest BCUT2D eigenvalue weighted by atomic mass is 79.9. The van der Waals surface area contributed by atoms with Gasteiger partial charge in [-0.1, -0.05) is 0 Å². The predicted molar refractivity (Wildman–Crippen MR) is 70.9 cm³/mol. The average Bonchev–Trinajstić information content (AvgIpc) is 2.56. The molecule has 0 nitrogen and oxygen atoms in total. The maximum Gasteiger partial charge on any atom is 0.0711 e. The number of thiophene rings is 1. The first-order valence-corrected chi connectivity index (χ1v) is 7.43. The zero-order valence-electron chi connectivity index (χ0n) is 7.51. The molecule has 0 N–H and O–H groups in total. The summed E-state index contributed by atoms with van der Waals surface area (Å²) >= 11 is 12.9. The zero-order chi connectivity index (χ0) is 10.1. The fraction of sp³-hybridized carbons (Fsp3) is 0.200. The van der Waals surface area contributed by atoms with E-state index in [1.165, 1.54) is 24.3 Å². The Labute approximate surface area is 105 Å². The molecule has 0 unspecified atom stereocenters. The van der Waals surface area contributed by atoms with Gasteiger partial charge in [0.25, 0.3) is 0 Å². The molecule has 0 aliphatic heterocycles. The summed E-state index contributed by atoms with van der Waals surface area (Å²) < 4.78 is 2.52. The van der Waals surface area contributed by atoms with Crippen molar-refractivity contribution in [2.24, 2.45) is 0 Å². The van der Waals surface area contributed by atoms with E-state index in [4.69, 9.17) is 11.6 Å². The van der Waals surface area contributed by atoms with E-state index in [1.807, 2.05) is 0 Å². The number of thioether (sulfide) groups is 1. The third-order valence-corrected chi connectivity index (χ3v) is 4.87. The summed E-state index contributed by atoms with van der Waals surface area (Å²) in [6.07, 6.45) is 2.10. The molecule has 4 heteroatoms. The molecule has 2 rings (SSSR count). The van der Waals surface area contributed by atoms with Crippen molar-refractivity contribution in [3.63, 3.8) is 0 Å². The predicted octanol–water partition coefficient (Wildman–Crippen LogP) is 5.12. The minimum absolute atomic E-state index is 0.580. The van der Waals surface area contributed by atoms with Gasteiger partial charge in [0.2, 0.25) is 0 Å². The van der Waals surface area contributed by atoms with Gasteiger partial charge in [0.15, 0.2) is 0 Å². The number of halogens is 2. The standard InChI is InChI=1S/C10H8BrClS2/c1-13-8-3-6(5-12)2-7-4-9(11)14-10(7)8/h2-4H,5H2,1H3. The fourth-order valence-electron chi connectivity index (χ4n) is 1.38. The van der Waals surface area contributed by atoms with E-state index in [2.05, 4.69) is 40.4 Å². The van der Waals surface area contributed by atoms with Crippen LogP contribution in [0.25, 0.3) is 10.1 Å². The number of alkyl halides is 1. The van der Waals surface area contributed by atoms with Crippen LogP contribution in [0.3, 0.4) is 0 Å². The largest absolute Gasteiger partial charge is 0.128 e. The van der Waals surface area contributed by atoms with Crippen LogP contribution in [0.1, 0.15) is 5.56 Å². The molecular weight excluding hydrogens is 300 g/mol. The van der Waals surface area contributed by atoms with Gasteiger partial charge in [-0.3, -0.25) is 0 Å². The Hall–Kier alpha value is 0.300. The van der Waals surface area contributed by atoms with Crippen LogP contribution >= 0.6 is 50.6 Å². The lowest BCUT2D eigenvalue weighted by molar-refractivity contribution is 1.38. The fourth-order valence-corrected chi connectivity index (χ4v) is 3.99. The first kappa shape index (κ1) is 10.8. The van der Waals surface area contributed by atoms with Gasteiger partial charge < -0.3 is 0 Å². The molecule has 0 radical (unpaired) electrons. The average molecular weight is 308 g/mol. The van der Waals surface area contributed by atoms with Gasteiger partial charge in [0.1, 0.15) is 0 Å². The first-order valence-electron chi connectivity index (χ1n) is 4.06. The molecule has 14 heavy (non-hydrogen) atoms. The maximum absolute atomic E-state index is 5.85. The van der Waals surface area contributed by atoms with Crippen LogP contribution in [-0.2, 0) is 5.88 Å². The van der Waals surface area contributed by atoms with Crippen molar-refractivity contribution in [3.8, 4) is 0 Å². The van der Waals surface area contributed by atoms with Crippen LogP contribution in [0.15, 0.2) is 26.9 Å².